The van der Waals surface area contributed by atoms with Crippen molar-refractivity contribution in [3.05, 3.63) is 79.6 Å². The maximum absolute atomic E-state index is 12.7. The van der Waals surface area contributed by atoms with Gasteiger partial charge < -0.3 is 14.8 Å². The summed E-state index contributed by atoms with van der Waals surface area (Å²) in [6.07, 6.45) is 2.05. The molecule has 1 aromatic carbocycles. The largest absolute Gasteiger partial charge is 0.333 e. The summed E-state index contributed by atoms with van der Waals surface area (Å²) in [6.45, 7) is 1.18. The van der Waals surface area contributed by atoms with Crippen LogP contribution in [0.25, 0.3) is 0 Å². The van der Waals surface area contributed by atoms with E-state index in [1.165, 1.54) is 28.2 Å². The highest BCUT2D eigenvalue weighted by Crippen LogP contribution is 2.29. The standard InChI is InChI=1S/C20H19N5O4S/c26-16(7-10-24-11-8-17(27)23-20(24)29)22-19-21-14-6-9-25(12-15(14)30-19)18(28)13-4-2-1-3-5-13/h1-5,8,11H,6-7,9-10,12H2,(H,21,22,26)(H,23,27,29). The maximum Gasteiger partial charge on any atom is 0.328 e. The van der Waals surface area contributed by atoms with E-state index in [9.17, 15) is 19.2 Å². The summed E-state index contributed by atoms with van der Waals surface area (Å²) in [5.74, 6) is -0.303. The Balaban J connectivity index is 1.37. The molecule has 2 amide bonds. The second-order valence-electron chi connectivity index (χ2n) is 6.83. The van der Waals surface area contributed by atoms with Crippen LogP contribution in [0.4, 0.5) is 5.13 Å². The summed E-state index contributed by atoms with van der Waals surface area (Å²) in [4.78, 5) is 57.0. The average molecular weight is 425 g/mol. The second-order valence-corrected chi connectivity index (χ2v) is 7.92. The number of anilines is 1. The summed E-state index contributed by atoms with van der Waals surface area (Å²) >= 11 is 1.35. The zero-order chi connectivity index (χ0) is 21.1. The monoisotopic (exact) mass is 425 g/mol. The molecule has 4 rings (SSSR count). The van der Waals surface area contributed by atoms with Gasteiger partial charge in [-0.1, -0.05) is 29.5 Å². The van der Waals surface area contributed by atoms with Gasteiger partial charge in [-0.05, 0) is 12.1 Å². The molecule has 3 heterocycles. The lowest BCUT2D eigenvalue weighted by molar-refractivity contribution is -0.116. The zero-order valence-corrected chi connectivity index (χ0v) is 16.8. The Bertz CT molecular complexity index is 1200. The molecule has 3 aromatic rings. The van der Waals surface area contributed by atoms with E-state index in [1.54, 1.807) is 17.0 Å². The van der Waals surface area contributed by atoms with Gasteiger partial charge in [-0.2, -0.15) is 0 Å². The van der Waals surface area contributed by atoms with Crippen LogP contribution < -0.4 is 16.6 Å². The molecular weight excluding hydrogens is 406 g/mol. The molecule has 9 nitrogen and oxygen atoms in total. The van der Waals surface area contributed by atoms with E-state index in [1.807, 2.05) is 18.2 Å². The lowest BCUT2D eigenvalue weighted by Gasteiger charge is -2.26. The van der Waals surface area contributed by atoms with E-state index in [2.05, 4.69) is 15.3 Å². The molecule has 30 heavy (non-hydrogen) atoms. The number of hydrogen-bond donors (Lipinski definition) is 2. The van der Waals surface area contributed by atoms with Crippen molar-refractivity contribution in [2.45, 2.75) is 25.9 Å². The van der Waals surface area contributed by atoms with Gasteiger partial charge in [0, 0.05) is 48.6 Å². The smallest absolute Gasteiger partial charge is 0.328 e. The van der Waals surface area contributed by atoms with Crippen molar-refractivity contribution in [3.8, 4) is 0 Å². The number of carbonyl (C=O) groups is 2. The SMILES string of the molecule is O=C(CCn1ccc(=O)[nH]c1=O)Nc1nc2c(s1)CN(C(=O)c1ccccc1)CC2. The molecule has 0 fully saturated rings. The van der Waals surface area contributed by atoms with Gasteiger partial charge in [0.1, 0.15) is 0 Å². The molecule has 0 aliphatic carbocycles. The molecule has 0 saturated carbocycles. The fourth-order valence-corrected chi connectivity index (χ4v) is 4.25. The molecule has 0 radical (unpaired) electrons. The van der Waals surface area contributed by atoms with E-state index < -0.39 is 11.2 Å². The van der Waals surface area contributed by atoms with Crippen molar-refractivity contribution in [3.63, 3.8) is 0 Å². The van der Waals surface area contributed by atoms with E-state index in [-0.39, 0.29) is 24.8 Å². The third kappa shape index (κ3) is 4.38. The number of thiazole rings is 1. The Morgan fingerprint density at radius 2 is 1.97 bits per heavy atom. The molecule has 0 saturated heterocycles. The molecule has 0 unspecified atom stereocenters. The predicted molar refractivity (Wildman–Crippen MR) is 112 cm³/mol. The molecular formula is C20H19N5O4S. The maximum atomic E-state index is 12.7. The molecule has 2 N–H and O–H groups in total. The summed E-state index contributed by atoms with van der Waals surface area (Å²) in [5.41, 5.74) is 0.512. The summed E-state index contributed by atoms with van der Waals surface area (Å²) in [5, 5.41) is 3.23. The summed E-state index contributed by atoms with van der Waals surface area (Å²) in [7, 11) is 0. The second kappa shape index (κ2) is 8.46. The van der Waals surface area contributed by atoms with Crippen LogP contribution in [0.2, 0.25) is 0 Å². The predicted octanol–water partition coefficient (Wildman–Crippen LogP) is 1.22. The number of nitrogens with zero attached hydrogens (tertiary/aromatic N) is 3. The molecule has 2 aromatic heterocycles. The highest BCUT2D eigenvalue weighted by atomic mass is 32.1. The van der Waals surface area contributed by atoms with E-state index in [0.29, 0.717) is 30.2 Å². The molecule has 1 aliphatic heterocycles. The van der Waals surface area contributed by atoms with Crippen molar-refractivity contribution in [2.24, 2.45) is 0 Å². The number of amides is 2. The van der Waals surface area contributed by atoms with Gasteiger partial charge in [0.2, 0.25) is 5.91 Å². The third-order valence-corrected chi connectivity index (χ3v) is 5.76. The van der Waals surface area contributed by atoms with Crippen molar-refractivity contribution in [1.29, 1.82) is 0 Å². The van der Waals surface area contributed by atoms with E-state index in [0.717, 1.165) is 10.6 Å². The first-order valence-electron chi connectivity index (χ1n) is 9.42. The number of benzene rings is 1. The van der Waals surface area contributed by atoms with Gasteiger partial charge in [0.15, 0.2) is 5.13 Å². The number of hydrogen-bond acceptors (Lipinski definition) is 6. The number of rotatable bonds is 5. The molecule has 0 spiro atoms. The molecule has 0 bridgehead atoms. The number of aromatic nitrogens is 3. The van der Waals surface area contributed by atoms with Crippen LogP contribution >= 0.6 is 11.3 Å². The lowest BCUT2D eigenvalue weighted by Crippen LogP contribution is -2.35. The van der Waals surface area contributed by atoms with Crippen molar-refractivity contribution < 1.29 is 9.59 Å². The van der Waals surface area contributed by atoms with Crippen LogP contribution in [0, 0.1) is 0 Å². The molecule has 0 atom stereocenters. The minimum absolute atomic E-state index is 0.0217. The zero-order valence-electron chi connectivity index (χ0n) is 16.0. The first-order valence-corrected chi connectivity index (χ1v) is 10.2. The normalized spacial score (nSPS) is 13.0. The molecule has 10 heteroatoms. The lowest BCUT2D eigenvalue weighted by atomic mass is 10.1. The first kappa shape index (κ1) is 19.8. The Labute approximate surface area is 175 Å². The Morgan fingerprint density at radius 1 is 1.17 bits per heavy atom. The van der Waals surface area contributed by atoms with Gasteiger partial charge in [0.25, 0.3) is 11.5 Å². The van der Waals surface area contributed by atoms with E-state index >= 15 is 0 Å². The highest BCUT2D eigenvalue weighted by molar-refractivity contribution is 7.15. The van der Waals surface area contributed by atoms with Gasteiger partial charge in [-0.15, -0.1) is 0 Å². The minimum atomic E-state index is -0.553. The topological polar surface area (TPSA) is 117 Å². The van der Waals surface area contributed by atoms with Gasteiger partial charge in [-0.25, -0.2) is 9.78 Å². The average Bonchev–Trinajstić information content (AvgIpc) is 3.14. The van der Waals surface area contributed by atoms with Crippen LogP contribution in [0.15, 0.2) is 52.2 Å². The quantitative estimate of drug-likeness (QED) is 0.637. The van der Waals surface area contributed by atoms with Crippen LogP contribution in [0.1, 0.15) is 27.3 Å². The number of fused-ring (bicyclic) bond motifs is 1. The van der Waals surface area contributed by atoms with Crippen LogP contribution in [-0.4, -0.2) is 37.8 Å². The third-order valence-electron chi connectivity index (χ3n) is 4.76. The Kier molecular flexibility index (Phi) is 5.57. The Morgan fingerprint density at radius 3 is 2.73 bits per heavy atom. The number of carbonyl (C=O) groups excluding carboxylic acids is 2. The molecule has 154 valence electrons. The Hall–Kier alpha value is -3.53. The fourth-order valence-electron chi connectivity index (χ4n) is 3.21. The van der Waals surface area contributed by atoms with Crippen molar-refractivity contribution in [1.82, 2.24) is 19.4 Å². The number of aryl methyl sites for hydroxylation is 1. The van der Waals surface area contributed by atoms with Crippen molar-refractivity contribution in [2.75, 3.05) is 11.9 Å². The first-order chi connectivity index (χ1) is 14.5. The van der Waals surface area contributed by atoms with Crippen LogP contribution in [-0.2, 0) is 24.3 Å². The van der Waals surface area contributed by atoms with Crippen LogP contribution in [0.5, 0.6) is 0 Å². The van der Waals surface area contributed by atoms with Crippen molar-refractivity contribution >= 4 is 28.3 Å². The summed E-state index contributed by atoms with van der Waals surface area (Å²) < 4.78 is 1.26. The fraction of sp³-hybridized carbons (Fsp3) is 0.250. The van der Waals surface area contributed by atoms with Gasteiger partial charge >= 0.3 is 5.69 Å². The number of nitrogens with one attached hydrogen (secondary N) is 2. The van der Waals surface area contributed by atoms with E-state index in [4.69, 9.17) is 0 Å². The van der Waals surface area contributed by atoms with Gasteiger partial charge in [0.05, 0.1) is 12.2 Å². The molecule has 1 aliphatic rings. The van der Waals surface area contributed by atoms with Crippen LogP contribution in [0.3, 0.4) is 0 Å². The number of H-pyrrole nitrogens is 1. The summed E-state index contributed by atoms with van der Waals surface area (Å²) in [6, 6.07) is 10.4. The minimum Gasteiger partial charge on any atom is -0.333 e. The van der Waals surface area contributed by atoms with Gasteiger partial charge in [-0.3, -0.25) is 19.4 Å². The number of aromatic amines is 1. The highest BCUT2D eigenvalue weighted by Gasteiger charge is 2.25.